The number of hydrogen-bond donors (Lipinski definition) is 1. The molecule has 0 heterocycles. The van der Waals surface area contributed by atoms with Gasteiger partial charge in [-0.25, -0.2) is 0 Å². The van der Waals surface area contributed by atoms with E-state index in [0.29, 0.717) is 6.61 Å². The van der Waals surface area contributed by atoms with Crippen LogP contribution < -0.4 is 5.73 Å². The zero-order valence-corrected chi connectivity index (χ0v) is 14.0. The van der Waals surface area contributed by atoms with Gasteiger partial charge in [0.25, 0.3) is 0 Å². The molecule has 2 N–H and O–H groups in total. The molecule has 2 aromatic rings. The molecule has 0 fully saturated rings. The lowest BCUT2D eigenvalue weighted by molar-refractivity contribution is 0.0645. The van der Waals surface area contributed by atoms with Crippen molar-refractivity contribution in [2.24, 2.45) is 5.73 Å². The first-order valence-corrected chi connectivity index (χ1v) is 8.41. The van der Waals surface area contributed by atoms with E-state index in [1.165, 1.54) is 11.1 Å². The Bertz CT molecular complexity index is 490. The highest BCUT2D eigenvalue weighted by Gasteiger charge is 2.14. The maximum atomic E-state index is 6.22. The second-order valence-electron chi connectivity index (χ2n) is 5.87. The van der Waals surface area contributed by atoms with Gasteiger partial charge in [-0.15, -0.1) is 0 Å². The van der Waals surface area contributed by atoms with E-state index in [9.17, 15) is 0 Å². The number of likely N-dealkylation sites (N-methyl/N-ethyl adjacent to an activating group) is 1. The highest BCUT2D eigenvalue weighted by molar-refractivity contribution is 5.29. The van der Waals surface area contributed by atoms with E-state index in [-0.39, 0.29) is 6.10 Å². The molecule has 0 bridgehead atoms. The van der Waals surface area contributed by atoms with Gasteiger partial charge in [-0.3, -0.25) is 0 Å². The summed E-state index contributed by atoms with van der Waals surface area (Å²) in [5.74, 6) is 0. The molecule has 0 saturated heterocycles. The number of benzene rings is 2. The number of ether oxygens (including phenoxy) is 1. The molecule has 0 radical (unpaired) electrons. The summed E-state index contributed by atoms with van der Waals surface area (Å²) in [6, 6.07) is 20.8. The number of hydrogen-bond acceptors (Lipinski definition) is 3. The number of unbranched alkanes of at least 4 members (excludes halogenated alkanes) is 1. The molecule has 0 amide bonds. The molecule has 124 valence electrons. The number of nitrogens with zero attached hydrogens (tertiary/aromatic N) is 1. The predicted octanol–water partition coefficient (Wildman–Crippen LogP) is 3.46. The largest absolute Gasteiger partial charge is 0.367 e. The van der Waals surface area contributed by atoms with Gasteiger partial charge >= 0.3 is 0 Å². The lowest BCUT2D eigenvalue weighted by Gasteiger charge is -2.22. The van der Waals surface area contributed by atoms with Gasteiger partial charge in [0, 0.05) is 6.54 Å². The van der Waals surface area contributed by atoms with Crippen molar-refractivity contribution in [1.82, 2.24) is 4.90 Å². The van der Waals surface area contributed by atoms with Gasteiger partial charge in [-0.05, 0) is 44.1 Å². The Labute approximate surface area is 140 Å². The molecular formula is C20H28N2O. The van der Waals surface area contributed by atoms with Crippen LogP contribution in [0.3, 0.4) is 0 Å². The van der Waals surface area contributed by atoms with Crippen molar-refractivity contribution in [2.45, 2.75) is 18.9 Å². The van der Waals surface area contributed by atoms with Crippen LogP contribution in [-0.4, -0.2) is 38.2 Å². The summed E-state index contributed by atoms with van der Waals surface area (Å²) in [6.45, 7) is 3.49. The van der Waals surface area contributed by atoms with Crippen molar-refractivity contribution in [2.75, 3.05) is 33.3 Å². The standard InChI is InChI=1S/C20H28N2O/c1-22(15-9-8-14-21)16-17-23-20(18-10-4-2-5-11-18)19-12-6-3-7-13-19/h2-7,10-13,20H,8-9,14-17,21H2,1H3. The third-order valence-corrected chi connectivity index (χ3v) is 3.96. The minimum atomic E-state index is -0.00478. The lowest BCUT2D eigenvalue weighted by atomic mass is 10.0. The van der Waals surface area contributed by atoms with Gasteiger partial charge in [0.05, 0.1) is 6.61 Å². The van der Waals surface area contributed by atoms with Crippen LogP contribution in [0.4, 0.5) is 0 Å². The Balaban J connectivity index is 1.92. The summed E-state index contributed by atoms with van der Waals surface area (Å²) < 4.78 is 6.22. The van der Waals surface area contributed by atoms with E-state index in [1.54, 1.807) is 0 Å². The zero-order valence-electron chi connectivity index (χ0n) is 14.0. The average molecular weight is 312 g/mol. The van der Waals surface area contributed by atoms with E-state index in [2.05, 4.69) is 60.5 Å². The second-order valence-corrected chi connectivity index (χ2v) is 5.87. The Morgan fingerprint density at radius 2 is 1.43 bits per heavy atom. The fourth-order valence-corrected chi connectivity index (χ4v) is 2.60. The first kappa shape index (κ1) is 17.7. The summed E-state index contributed by atoms with van der Waals surface area (Å²) in [7, 11) is 2.14. The van der Waals surface area contributed by atoms with E-state index >= 15 is 0 Å². The molecule has 2 rings (SSSR count). The monoisotopic (exact) mass is 312 g/mol. The predicted molar refractivity (Wildman–Crippen MR) is 96.5 cm³/mol. The van der Waals surface area contributed by atoms with Gasteiger partial charge in [0.1, 0.15) is 6.10 Å². The molecular weight excluding hydrogens is 284 g/mol. The van der Waals surface area contributed by atoms with Crippen LogP contribution in [0.25, 0.3) is 0 Å². The van der Waals surface area contributed by atoms with Crippen molar-refractivity contribution in [3.8, 4) is 0 Å². The molecule has 2 aromatic carbocycles. The fourth-order valence-electron chi connectivity index (χ4n) is 2.60. The third kappa shape index (κ3) is 6.14. The van der Waals surface area contributed by atoms with Crippen LogP contribution in [0.5, 0.6) is 0 Å². The average Bonchev–Trinajstić information content (AvgIpc) is 2.60. The van der Waals surface area contributed by atoms with E-state index in [4.69, 9.17) is 10.5 Å². The van der Waals surface area contributed by atoms with Crippen molar-refractivity contribution in [1.29, 1.82) is 0 Å². The van der Waals surface area contributed by atoms with E-state index in [1.807, 2.05) is 12.1 Å². The molecule has 3 nitrogen and oxygen atoms in total. The molecule has 0 aliphatic heterocycles. The summed E-state index contributed by atoms with van der Waals surface area (Å²) in [5, 5.41) is 0. The topological polar surface area (TPSA) is 38.5 Å². The summed E-state index contributed by atoms with van der Waals surface area (Å²) in [4.78, 5) is 2.31. The van der Waals surface area contributed by atoms with Gasteiger partial charge in [0.2, 0.25) is 0 Å². The minimum absolute atomic E-state index is 0.00478. The van der Waals surface area contributed by atoms with Crippen molar-refractivity contribution >= 4 is 0 Å². The van der Waals surface area contributed by atoms with Gasteiger partial charge in [-0.2, -0.15) is 0 Å². The van der Waals surface area contributed by atoms with Crippen LogP contribution in [-0.2, 0) is 4.74 Å². The van der Waals surface area contributed by atoms with Crippen LogP contribution in [0.2, 0.25) is 0 Å². The molecule has 0 saturated carbocycles. The maximum Gasteiger partial charge on any atom is 0.108 e. The molecule has 0 aromatic heterocycles. The SMILES string of the molecule is CN(CCCCN)CCOC(c1ccccc1)c1ccccc1. The Morgan fingerprint density at radius 1 is 0.870 bits per heavy atom. The zero-order chi connectivity index (χ0) is 16.3. The minimum Gasteiger partial charge on any atom is -0.367 e. The quantitative estimate of drug-likeness (QED) is 0.683. The van der Waals surface area contributed by atoms with E-state index < -0.39 is 0 Å². The summed E-state index contributed by atoms with van der Waals surface area (Å²) in [6.07, 6.45) is 2.23. The first-order chi connectivity index (χ1) is 11.3. The second kappa shape index (κ2) is 10.2. The lowest BCUT2D eigenvalue weighted by Crippen LogP contribution is -2.25. The molecule has 0 aliphatic rings. The van der Waals surface area contributed by atoms with Crippen LogP contribution >= 0.6 is 0 Å². The highest BCUT2D eigenvalue weighted by atomic mass is 16.5. The molecule has 0 atom stereocenters. The summed E-state index contributed by atoms with van der Waals surface area (Å²) >= 11 is 0. The van der Waals surface area contributed by atoms with Crippen molar-refractivity contribution in [3.63, 3.8) is 0 Å². The maximum absolute atomic E-state index is 6.22. The van der Waals surface area contributed by atoms with Crippen LogP contribution in [0.1, 0.15) is 30.1 Å². The Hall–Kier alpha value is -1.68. The van der Waals surface area contributed by atoms with Gasteiger partial charge in [-0.1, -0.05) is 60.7 Å². The van der Waals surface area contributed by atoms with Crippen molar-refractivity contribution in [3.05, 3.63) is 71.8 Å². The number of nitrogens with two attached hydrogens (primary N) is 1. The number of rotatable bonds is 10. The smallest absolute Gasteiger partial charge is 0.108 e. The van der Waals surface area contributed by atoms with Crippen LogP contribution in [0.15, 0.2) is 60.7 Å². The van der Waals surface area contributed by atoms with Gasteiger partial charge in [0.15, 0.2) is 0 Å². The third-order valence-electron chi connectivity index (χ3n) is 3.96. The highest BCUT2D eigenvalue weighted by Crippen LogP contribution is 2.25. The summed E-state index contributed by atoms with van der Waals surface area (Å²) in [5.41, 5.74) is 7.94. The Morgan fingerprint density at radius 3 is 1.96 bits per heavy atom. The fraction of sp³-hybridized carbons (Fsp3) is 0.400. The first-order valence-electron chi connectivity index (χ1n) is 8.41. The van der Waals surface area contributed by atoms with Crippen molar-refractivity contribution < 1.29 is 4.74 Å². The molecule has 23 heavy (non-hydrogen) atoms. The van der Waals surface area contributed by atoms with Crippen LogP contribution in [0, 0.1) is 0 Å². The van der Waals surface area contributed by atoms with Gasteiger partial charge < -0.3 is 15.4 Å². The molecule has 0 unspecified atom stereocenters. The van der Waals surface area contributed by atoms with E-state index in [0.717, 1.165) is 32.5 Å². The molecule has 0 aliphatic carbocycles. The Kier molecular flexibility index (Phi) is 7.81. The molecule has 0 spiro atoms. The molecule has 3 heteroatoms. The normalized spacial score (nSPS) is 11.3.